The molecule has 1 saturated heterocycles. The molecule has 0 aromatic rings. The number of rotatable bonds is 8. The van der Waals surface area contributed by atoms with Gasteiger partial charge in [0.05, 0.1) is 26.4 Å². The van der Waals surface area contributed by atoms with E-state index in [-0.39, 0.29) is 25.9 Å². The lowest BCUT2D eigenvalue weighted by atomic mass is 10.3. The molecule has 0 bridgehead atoms. The number of halogens is 2. The second kappa shape index (κ2) is 6.90. The first-order valence-electron chi connectivity index (χ1n) is 6.21. The first-order valence-corrected chi connectivity index (χ1v) is 6.21. The number of hydrogen-bond donors (Lipinski definition) is 1. The van der Waals surface area contributed by atoms with Gasteiger partial charge in [0.1, 0.15) is 18.8 Å². The Labute approximate surface area is 111 Å². The van der Waals surface area contributed by atoms with Crippen LogP contribution in [0.3, 0.4) is 0 Å². The third-order valence-corrected chi connectivity index (χ3v) is 2.35. The van der Waals surface area contributed by atoms with Gasteiger partial charge in [-0.1, -0.05) is 0 Å². The van der Waals surface area contributed by atoms with E-state index >= 15 is 0 Å². The maximum absolute atomic E-state index is 12.4. The SMILES string of the molecule is CC(F)(F)COCC(O)COCC1COC(C)(C)O1. The number of alkyl halides is 2. The van der Waals surface area contributed by atoms with Crippen molar-refractivity contribution in [1.29, 1.82) is 0 Å². The Morgan fingerprint density at radius 3 is 2.53 bits per heavy atom. The van der Waals surface area contributed by atoms with Gasteiger partial charge in [0.2, 0.25) is 0 Å². The van der Waals surface area contributed by atoms with Crippen LogP contribution in [0.1, 0.15) is 20.8 Å². The van der Waals surface area contributed by atoms with Gasteiger partial charge in [-0.15, -0.1) is 0 Å². The highest BCUT2D eigenvalue weighted by Crippen LogP contribution is 2.22. The Morgan fingerprint density at radius 2 is 2.00 bits per heavy atom. The van der Waals surface area contributed by atoms with E-state index in [0.717, 1.165) is 6.92 Å². The quantitative estimate of drug-likeness (QED) is 0.725. The first kappa shape index (κ1) is 16.7. The molecule has 0 amide bonds. The number of hydrogen-bond acceptors (Lipinski definition) is 5. The number of aliphatic hydroxyl groups is 1. The zero-order chi connectivity index (χ0) is 14.5. The van der Waals surface area contributed by atoms with Crippen LogP contribution in [0.15, 0.2) is 0 Å². The normalized spacial score (nSPS) is 24.6. The van der Waals surface area contributed by atoms with Gasteiger partial charge < -0.3 is 24.1 Å². The van der Waals surface area contributed by atoms with E-state index in [0.29, 0.717) is 6.61 Å². The summed E-state index contributed by atoms with van der Waals surface area (Å²) >= 11 is 0. The van der Waals surface area contributed by atoms with Crippen molar-refractivity contribution in [2.24, 2.45) is 0 Å². The molecule has 7 heteroatoms. The van der Waals surface area contributed by atoms with Crippen LogP contribution < -0.4 is 0 Å². The summed E-state index contributed by atoms with van der Waals surface area (Å²) in [5, 5.41) is 9.46. The third kappa shape index (κ3) is 7.74. The topological polar surface area (TPSA) is 57.2 Å². The minimum Gasteiger partial charge on any atom is -0.388 e. The van der Waals surface area contributed by atoms with E-state index in [1.165, 1.54) is 0 Å². The molecule has 0 aromatic carbocycles. The molecule has 0 aromatic heterocycles. The van der Waals surface area contributed by atoms with Crippen LogP contribution in [-0.4, -0.2) is 62.1 Å². The third-order valence-electron chi connectivity index (χ3n) is 2.35. The highest BCUT2D eigenvalue weighted by Gasteiger charge is 2.32. The van der Waals surface area contributed by atoms with E-state index in [1.54, 1.807) is 13.8 Å². The molecule has 0 aliphatic carbocycles. The Morgan fingerprint density at radius 1 is 1.37 bits per heavy atom. The summed E-state index contributed by atoms with van der Waals surface area (Å²) in [4.78, 5) is 0. The maximum atomic E-state index is 12.4. The lowest BCUT2D eigenvalue weighted by Gasteiger charge is -2.18. The van der Waals surface area contributed by atoms with E-state index in [4.69, 9.17) is 14.2 Å². The summed E-state index contributed by atoms with van der Waals surface area (Å²) in [6.45, 7) is 4.20. The molecule has 2 atom stereocenters. The predicted octanol–water partition coefficient (Wildman–Crippen LogP) is 1.19. The van der Waals surface area contributed by atoms with Crippen molar-refractivity contribution in [3.63, 3.8) is 0 Å². The smallest absolute Gasteiger partial charge is 0.268 e. The van der Waals surface area contributed by atoms with Crippen molar-refractivity contribution in [2.75, 3.05) is 33.0 Å². The molecule has 1 aliphatic heterocycles. The summed E-state index contributed by atoms with van der Waals surface area (Å²) < 4.78 is 45.6. The molecular formula is C12H22F2O5. The van der Waals surface area contributed by atoms with E-state index in [2.05, 4.69) is 4.74 Å². The van der Waals surface area contributed by atoms with Gasteiger partial charge in [-0.25, -0.2) is 8.78 Å². The highest BCUT2D eigenvalue weighted by molar-refractivity contribution is 4.70. The highest BCUT2D eigenvalue weighted by atomic mass is 19.3. The van der Waals surface area contributed by atoms with Crippen molar-refractivity contribution < 1.29 is 32.8 Å². The van der Waals surface area contributed by atoms with Crippen LogP contribution in [0, 0.1) is 0 Å². The van der Waals surface area contributed by atoms with Crippen LogP contribution in [-0.2, 0) is 18.9 Å². The van der Waals surface area contributed by atoms with Gasteiger partial charge in [0.15, 0.2) is 5.79 Å². The Bertz CT molecular complexity index is 267. The van der Waals surface area contributed by atoms with Gasteiger partial charge in [-0.05, 0) is 13.8 Å². The largest absolute Gasteiger partial charge is 0.388 e. The van der Waals surface area contributed by atoms with Crippen molar-refractivity contribution in [1.82, 2.24) is 0 Å². The fourth-order valence-electron chi connectivity index (χ4n) is 1.60. The predicted molar refractivity (Wildman–Crippen MR) is 63.2 cm³/mol. The summed E-state index contributed by atoms with van der Waals surface area (Å²) in [6, 6.07) is 0. The second-order valence-corrected chi connectivity index (χ2v) is 5.23. The van der Waals surface area contributed by atoms with Crippen LogP contribution in [0.2, 0.25) is 0 Å². The average molecular weight is 284 g/mol. The molecule has 1 fully saturated rings. The van der Waals surface area contributed by atoms with Crippen molar-refractivity contribution in [2.45, 2.75) is 44.7 Å². The minimum absolute atomic E-state index is 0.00950. The molecule has 114 valence electrons. The Kier molecular flexibility index (Phi) is 6.07. The van der Waals surface area contributed by atoms with Crippen LogP contribution in [0.5, 0.6) is 0 Å². The minimum atomic E-state index is -2.89. The summed E-state index contributed by atoms with van der Waals surface area (Å²) in [7, 11) is 0. The van der Waals surface area contributed by atoms with Gasteiger partial charge >= 0.3 is 0 Å². The van der Waals surface area contributed by atoms with E-state index < -0.39 is 24.4 Å². The molecule has 1 aliphatic rings. The molecule has 19 heavy (non-hydrogen) atoms. The molecule has 0 saturated carbocycles. The zero-order valence-electron chi connectivity index (χ0n) is 11.5. The number of aliphatic hydroxyl groups excluding tert-OH is 1. The molecule has 1 heterocycles. The Balaban J connectivity index is 2.03. The van der Waals surface area contributed by atoms with Crippen molar-refractivity contribution in [3.8, 4) is 0 Å². The van der Waals surface area contributed by atoms with Gasteiger partial charge in [-0.3, -0.25) is 0 Å². The molecule has 1 rings (SSSR count). The molecule has 5 nitrogen and oxygen atoms in total. The van der Waals surface area contributed by atoms with E-state index in [1.807, 2.05) is 0 Å². The average Bonchev–Trinajstić information content (AvgIpc) is 2.56. The summed E-state index contributed by atoms with van der Waals surface area (Å²) in [5.41, 5.74) is 0. The standard InChI is InChI=1S/C12H22F2O5/c1-11(2)18-7-10(19-11)6-16-4-9(15)5-17-8-12(3,13)14/h9-10,15H,4-8H2,1-3H3. The lowest BCUT2D eigenvalue weighted by Crippen LogP contribution is -2.29. The van der Waals surface area contributed by atoms with Gasteiger partial charge in [0.25, 0.3) is 5.92 Å². The van der Waals surface area contributed by atoms with Crippen LogP contribution >= 0.6 is 0 Å². The fraction of sp³-hybridized carbons (Fsp3) is 1.00. The summed E-state index contributed by atoms with van der Waals surface area (Å²) in [6.07, 6.45) is -1.11. The molecule has 0 spiro atoms. The maximum Gasteiger partial charge on any atom is 0.268 e. The summed E-state index contributed by atoms with van der Waals surface area (Å²) in [5.74, 6) is -3.50. The van der Waals surface area contributed by atoms with Gasteiger partial charge in [0, 0.05) is 6.92 Å². The molecule has 1 N–H and O–H groups in total. The fourth-order valence-corrected chi connectivity index (χ4v) is 1.60. The number of ether oxygens (including phenoxy) is 4. The van der Waals surface area contributed by atoms with Crippen LogP contribution in [0.25, 0.3) is 0 Å². The monoisotopic (exact) mass is 284 g/mol. The van der Waals surface area contributed by atoms with Gasteiger partial charge in [-0.2, -0.15) is 0 Å². The zero-order valence-corrected chi connectivity index (χ0v) is 11.5. The molecular weight excluding hydrogens is 262 g/mol. The second-order valence-electron chi connectivity index (χ2n) is 5.23. The molecule has 2 unspecified atom stereocenters. The Hall–Kier alpha value is -0.340. The molecule has 0 radical (unpaired) electrons. The first-order chi connectivity index (χ1) is 8.68. The van der Waals surface area contributed by atoms with Crippen molar-refractivity contribution >= 4 is 0 Å². The van der Waals surface area contributed by atoms with Crippen molar-refractivity contribution in [3.05, 3.63) is 0 Å². The van der Waals surface area contributed by atoms with E-state index in [9.17, 15) is 13.9 Å². The van der Waals surface area contributed by atoms with Crippen LogP contribution in [0.4, 0.5) is 8.78 Å². The lowest BCUT2D eigenvalue weighted by molar-refractivity contribution is -0.147.